The highest BCUT2D eigenvalue weighted by atomic mass is 16.5. The Labute approximate surface area is 120 Å². The van der Waals surface area contributed by atoms with Crippen LogP contribution in [0.4, 0.5) is 0 Å². The zero-order valence-electron chi connectivity index (χ0n) is 12.3. The van der Waals surface area contributed by atoms with Gasteiger partial charge >= 0.3 is 5.97 Å². The van der Waals surface area contributed by atoms with Gasteiger partial charge in [0.2, 0.25) is 0 Å². The Bertz CT molecular complexity index is 475. The molecule has 0 saturated carbocycles. The zero-order valence-corrected chi connectivity index (χ0v) is 12.3. The minimum Gasteiger partial charge on any atom is -0.508 e. The molecule has 1 atom stereocenters. The Balaban J connectivity index is 2.40. The molecule has 0 amide bonds. The molecule has 1 aromatic carbocycles. The molecule has 1 aliphatic heterocycles. The fourth-order valence-corrected chi connectivity index (χ4v) is 2.95. The molecule has 0 bridgehead atoms. The minimum atomic E-state index is -0.625. The van der Waals surface area contributed by atoms with Gasteiger partial charge in [-0.3, -0.25) is 4.79 Å². The van der Waals surface area contributed by atoms with Gasteiger partial charge in [-0.15, -0.1) is 0 Å². The molecule has 2 rings (SSSR count). The van der Waals surface area contributed by atoms with Gasteiger partial charge in [-0.05, 0) is 64.0 Å². The van der Waals surface area contributed by atoms with Crippen LogP contribution >= 0.6 is 0 Å². The summed E-state index contributed by atoms with van der Waals surface area (Å²) < 4.78 is 5.33. The Morgan fingerprint density at radius 1 is 1.40 bits per heavy atom. The van der Waals surface area contributed by atoms with Crippen molar-refractivity contribution in [1.29, 1.82) is 0 Å². The van der Waals surface area contributed by atoms with Gasteiger partial charge in [-0.25, -0.2) is 0 Å². The summed E-state index contributed by atoms with van der Waals surface area (Å²) in [6.07, 6.45) is 2.44. The number of esters is 1. The second-order valence-electron chi connectivity index (χ2n) is 5.51. The lowest BCUT2D eigenvalue weighted by Crippen LogP contribution is -2.38. The second kappa shape index (κ2) is 6.27. The van der Waals surface area contributed by atoms with Crippen molar-refractivity contribution in [3.05, 3.63) is 29.8 Å². The zero-order chi connectivity index (χ0) is 14.6. The Kier molecular flexibility index (Phi) is 4.65. The topological polar surface area (TPSA) is 49.8 Å². The van der Waals surface area contributed by atoms with Crippen LogP contribution in [0.25, 0.3) is 0 Å². The van der Waals surface area contributed by atoms with E-state index in [2.05, 4.69) is 11.9 Å². The van der Waals surface area contributed by atoms with Crippen molar-refractivity contribution >= 4 is 5.97 Å². The lowest BCUT2D eigenvalue weighted by molar-refractivity contribution is -0.150. The van der Waals surface area contributed by atoms with Crippen molar-refractivity contribution in [2.45, 2.75) is 31.6 Å². The van der Waals surface area contributed by atoms with E-state index in [0.717, 1.165) is 37.9 Å². The third-order valence-corrected chi connectivity index (χ3v) is 4.13. The van der Waals surface area contributed by atoms with Crippen LogP contribution in [0.2, 0.25) is 0 Å². The molecule has 1 aromatic rings. The molecular weight excluding hydrogens is 254 g/mol. The molecule has 0 spiro atoms. The number of carbonyl (C=O) groups excluding carboxylic acids is 1. The molecule has 4 nitrogen and oxygen atoms in total. The monoisotopic (exact) mass is 277 g/mol. The highest BCUT2D eigenvalue weighted by molar-refractivity contribution is 5.83. The van der Waals surface area contributed by atoms with E-state index in [4.69, 9.17) is 4.74 Å². The molecule has 1 unspecified atom stereocenters. The van der Waals surface area contributed by atoms with Gasteiger partial charge in [0.1, 0.15) is 5.75 Å². The first-order valence-corrected chi connectivity index (χ1v) is 7.24. The highest BCUT2D eigenvalue weighted by Crippen LogP contribution is 2.37. The van der Waals surface area contributed by atoms with Gasteiger partial charge < -0.3 is 14.7 Å². The van der Waals surface area contributed by atoms with Crippen LogP contribution in [-0.2, 0) is 14.9 Å². The van der Waals surface area contributed by atoms with Crippen LogP contribution in [0, 0.1) is 0 Å². The summed E-state index contributed by atoms with van der Waals surface area (Å²) >= 11 is 0. The molecule has 0 aromatic heterocycles. The van der Waals surface area contributed by atoms with Crippen LogP contribution in [0.1, 0.15) is 31.7 Å². The average Bonchev–Trinajstić information content (AvgIpc) is 2.62. The van der Waals surface area contributed by atoms with Crippen LogP contribution in [0.5, 0.6) is 5.75 Å². The van der Waals surface area contributed by atoms with Gasteiger partial charge in [-0.2, -0.15) is 0 Å². The summed E-state index contributed by atoms with van der Waals surface area (Å²) in [4.78, 5) is 14.8. The summed E-state index contributed by atoms with van der Waals surface area (Å²) in [5.41, 5.74) is 0.241. The highest BCUT2D eigenvalue weighted by Gasteiger charge is 2.42. The van der Waals surface area contributed by atoms with Crippen molar-refractivity contribution in [2.75, 3.05) is 26.7 Å². The number of ether oxygens (including phenoxy) is 1. The fourth-order valence-electron chi connectivity index (χ4n) is 2.95. The second-order valence-corrected chi connectivity index (χ2v) is 5.51. The Hall–Kier alpha value is -1.55. The minimum absolute atomic E-state index is 0.166. The molecule has 4 heteroatoms. The average molecular weight is 277 g/mol. The number of aromatic hydroxyl groups is 1. The molecule has 0 aliphatic carbocycles. The number of carbonyl (C=O) groups is 1. The lowest BCUT2D eigenvalue weighted by Gasteiger charge is -2.31. The molecule has 1 fully saturated rings. The maximum absolute atomic E-state index is 12.6. The van der Waals surface area contributed by atoms with E-state index in [1.54, 1.807) is 18.2 Å². The smallest absolute Gasteiger partial charge is 0.316 e. The SMILES string of the molecule is CCOC(=O)C1(c2cccc(O)c2)CCCN(C)CC1. The summed E-state index contributed by atoms with van der Waals surface area (Å²) in [6.45, 7) is 4.06. The van der Waals surface area contributed by atoms with Crippen molar-refractivity contribution < 1.29 is 14.6 Å². The Morgan fingerprint density at radius 3 is 2.90 bits per heavy atom. The van der Waals surface area contributed by atoms with E-state index in [9.17, 15) is 9.90 Å². The van der Waals surface area contributed by atoms with Crippen LogP contribution in [0.3, 0.4) is 0 Å². The molecule has 1 aliphatic rings. The van der Waals surface area contributed by atoms with Crippen LogP contribution in [0.15, 0.2) is 24.3 Å². The number of nitrogens with zero attached hydrogens (tertiary/aromatic N) is 1. The molecule has 1 N–H and O–H groups in total. The normalized spacial score (nSPS) is 24.1. The molecule has 110 valence electrons. The van der Waals surface area contributed by atoms with Crippen LogP contribution < -0.4 is 0 Å². The van der Waals surface area contributed by atoms with Crippen molar-refractivity contribution in [1.82, 2.24) is 4.90 Å². The van der Waals surface area contributed by atoms with E-state index in [-0.39, 0.29) is 11.7 Å². The Morgan fingerprint density at radius 2 is 2.20 bits per heavy atom. The van der Waals surface area contributed by atoms with E-state index >= 15 is 0 Å². The maximum atomic E-state index is 12.6. The molecule has 1 saturated heterocycles. The largest absolute Gasteiger partial charge is 0.508 e. The number of hydrogen-bond donors (Lipinski definition) is 1. The predicted octanol–water partition coefficient (Wildman–Crippen LogP) is 2.31. The van der Waals surface area contributed by atoms with Crippen LogP contribution in [-0.4, -0.2) is 42.7 Å². The maximum Gasteiger partial charge on any atom is 0.316 e. The quantitative estimate of drug-likeness (QED) is 0.861. The van der Waals surface area contributed by atoms with E-state index in [1.807, 2.05) is 13.0 Å². The summed E-state index contributed by atoms with van der Waals surface area (Å²) in [5, 5.41) is 9.73. The number of likely N-dealkylation sites (tertiary alicyclic amines) is 1. The molecule has 0 radical (unpaired) electrons. The van der Waals surface area contributed by atoms with Gasteiger partial charge in [0.15, 0.2) is 0 Å². The van der Waals surface area contributed by atoms with Crippen molar-refractivity contribution in [3.63, 3.8) is 0 Å². The number of phenolic OH excluding ortho intramolecular Hbond substituents is 1. The first-order chi connectivity index (χ1) is 9.58. The van der Waals surface area contributed by atoms with E-state index in [0.29, 0.717) is 6.61 Å². The number of rotatable bonds is 3. The van der Waals surface area contributed by atoms with E-state index < -0.39 is 5.41 Å². The van der Waals surface area contributed by atoms with E-state index in [1.165, 1.54) is 0 Å². The molecule has 20 heavy (non-hydrogen) atoms. The summed E-state index contributed by atoms with van der Waals surface area (Å²) in [5.74, 6) is 0.0321. The third kappa shape index (κ3) is 2.96. The first kappa shape index (κ1) is 14.9. The van der Waals surface area contributed by atoms with Gasteiger partial charge in [0.25, 0.3) is 0 Å². The van der Waals surface area contributed by atoms with Gasteiger partial charge in [0, 0.05) is 0 Å². The molecular formula is C16H23NO3. The fraction of sp³-hybridized carbons (Fsp3) is 0.562. The standard InChI is InChI=1S/C16H23NO3/c1-3-20-15(19)16(8-5-10-17(2)11-9-16)13-6-4-7-14(18)12-13/h4,6-7,12,18H,3,5,8-11H2,1-2H3. The molecule has 1 heterocycles. The first-order valence-electron chi connectivity index (χ1n) is 7.24. The number of hydrogen-bond acceptors (Lipinski definition) is 4. The van der Waals surface area contributed by atoms with Crippen molar-refractivity contribution in [3.8, 4) is 5.75 Å². The number of phenols is 1. The summed E-state index contributed by atoms with van der Waals surface area (Å²) in [7, 11) is 2.07. The summed E-state index contributed by atoms with van der Waals surface area (Å²) in [6, 6.07) is 7.04. The third-order valence-electron chi connectivity index (χ3n) is 4.13. The number of benzene rings is 1. The van der Waals surface area contributed by atoms with Crippen molar-refractivity contribution in [2.24, 2.45) is 0 Å². The van der Waals surface area contributed by atoms with Gasteiger partial charge in [-0.1, -0.05) is 12.1 Å². The lowest BCUT2D eigenvalue weighted by atomic mass is 9.74. The van der Waals surface area contributed by atoms with Gasteiger partial charge in [0.05, 0.1) is 12.0 Å². The predicted molar refractivity (Wildman–Crippen MR) is 77.8 cm³/mol.